The molecule has 5 nitrogen and oxygen atoms in total. The molecule has 2 aliphatic rings. The van der Waals surface area contributed by atoms with Gasteiger partial charge >= 0.3 is 0 Å². The topological polar surface area (TPSA) is 54.9 Å². The first-order chi connectivity index (χ1) is 13.6. The zero-order valence-electron chi connectivity index (χ0n) is 17.9. The summed E-state index contributed by atoms with van der Waals surface area (Å²) in [6.45, 7) is 6.55. The molecule has 1 heterocycles. The molecule has 0 atom stereocenters. The fraction of sp³-hybridized carbons (Fsp3) is 0.696. The molecular weight excluding hydrogens is 350 g/mol. The third kappa shape index (κ3) is 4.87. The highest BCUT2D eigenvalue weighted by molar-refractivity contribution is 5.79. The average Bonchev–Trinajstić information content (AvgIpc) is 2.70. The second-order valence-corrected chi connectivity index (χ2v) is 8.58. The Morgan fingerprint density at radius 1 is 1.11 bits per heavy atom. The van der Waals surface area contributed by atoms with Crippen molar-refractivity contribution < 1.29 is 9.47 Å². The van der Waals surface area contributed by atoms with Gasteiger partial charge in [0.15, 0.2) is 5.96 Å². The minimum absolute atomic E-state index is 0.103. The van der Waals surface area contributed by atoms with Crippen LogP contribution in [0.15, 0.2) is 29.3 Å². The maximum atomic E-state index is 5.69. The van der Waals surface area contributed by atoms with Crippen LogP contribution in [-0.4, -0.2) is 53.0 Å². The van der Waals surface area contributed by atoms with Crippen LogP contribution >= 0.6 is 0 Å². The van der Waals surface area contributed by atoms with E-state index in [0.29, 0.717) is 5.41 Å². The summed E-state index contributed by atoms with van der Waals surface area (Å²) in [4.78, 5) is 4.49. The lowest BCUT2D eigenvalue weighted by Crippen LogP contribution is -2.51. The second kappa shape index (κ2) is 9.75. The first kappa shape index (κ1) is 21.1. The Bertz CT molecular complexity index is 649. The van der Waals surface area contributed by atoms with Crippen molar-refractivity contribution in [2.75, 3.05) is 47.1 Å². The molecule has 0 aromatic heterocycles. The fourth-order valence-electron chi connectivity index (χ4n) is 4.73. The predicted molar refractivity (Wildman–Crippen MR) is 115 cm³/mol. The zero-order valence-corrected chi connectivity index (χ0v) is 17.9. The van der Waals surface area contributed by atoms with Crippen LogP contribution in [0.4, 0.5) is 0 Å². The van der Waals surface area contributed by atoms with Crippen LogP contribution in [0.5, 0.6) is 0 Å². The van der Waals surface area contributed by atoms with Crippen molar-refractivity contribution in [2.24, 2.45) is 10.4 Å². The van der Waals surface area contributed by atoms with Crippen LogP contribution in [0.2, 0.25) is 0 Å². The highest BCUT2D eigenvalue weighted by Crippen LogP contribution is 2.43. The minimum Gasteiger partial charge on any atom is -0.385 e. The summed E-state index contributed by atoms with van der Waals surface area (Å²) in [5, 5.41) is 7.23. The van der Waals surface area contributed by atoms with Crippen molar-refractivity contribution in [3.63, 3.8) is 0 Å². The smallest absolute Gasteiger partial charge is 0.191 e. The van der Waals surface area contributed by atoms with Crippen molar-refractivity contribution in [2.45, 2.75) is 50.9 Å². The van der Waals surface area contributed by atoms with Crippen molar-refractivity contribution in [1.29, 1.82) is 0 Å². The molecule has 1 aromatic rings. The zero-order chi connectivity index (χ0) is 19.9. The van der Waals surface area contributed by atoms with E-state index in [-0.39, 0.29) is 5.41 Å². The van der Waals surface area contributed by atoms with Gasteiger partial charge in [0.2, 0.25) is 0 Å². The Kier molecular flexibility index (Phi) is 7.36. The molecule has 2 fully saturated rings. The average molecular weight is 388 g/mol. The van der Waals surface area contributed by atoms with E-state index in [2.05, 4.69) is 46.8 Å². The highest BCUT2D eigenvalue weighted by atomic mass is 16.5. The molecule has 156 valence electrons. The summed E-state index contributed by atoms with van der Waals surface area (Å²) in [6.07, 6.45) is 7.10. The summed E-state index contributed by atoms with van der Waals surface area (Å²) in [5.41, 5.74) is 3.28. The Morgan fingerprint density at radius 3 is 2.43 bits per heavy atom. The molecule has 1 aliphatic carbocycles. The number of ether oxygens (including phenoxy) is 2. The molecule has 0 amide bonds. The predicted octanol–water partition coefficient (Wildman–Crippen LogP) is 3.42. The highest BCUT2D eigenvalue weighted by Gasteiger charge is 2.38. The van der Waals surface area contributed by atoms with E-state index in [0.717, 1.165) is 58.1 Å². The number of guanidine groups is 1. The van der Waals surface area contributed by atoms with E-state index < -0.39 is 0 Å². The molecule has 0 bridgehead atoms. The number of rotatable bonds is 8. The van der Waals surface area contributed by atoms with Gasteiger partial charge in [-0.05, 0) is 55.6 Å². The van der Waals surface area contributed by atoms with E-state index >= 15 is 0 Å². The Morgan fingerprint density at radius 2 is 1.82 bits per heavy atom. The number of aliphatic imine (C=N–C) groups is 1. The summed E-state index contributed by atoms with van der Waals surface area (Å²) < 4.78 is 11.0. The normalized spacial score (nSPS) is 21.0. The van der Waals surface area contributed by atoms with Gasteiger partial charge in [-0.15, -0.1) is 0 Å². The van der Waals surface area contributed by atoms with E-state index in [1.807, 2.05) is 7.05 Å². The molecule has 28 heavy (non-hydrogen) atoms. The van der Waals surface area contributed by atoms with Gasteiger partial charge in [-0.1, -0.05) is 30.7 Å². The van der Waals surface area contributed by atoms with Crippen LogP contribution in [0.25, 0.3) is 0 Å². The largest absolute Gasteiger partial charge is 0.385 e. The number of aryl methyl sites for hydroxylation is 1. The molecular formula is C23H37N3O2. The molecule has 0 spiro atoms. The van der Waals surface area contributed by atoms with Crippen molar-refractivity contribution in [3.05, 3.63) is 35.4 Å². The first-order valence-electron chi connectivity index (χ1n) is 10.7. The fourth-order valence-corrected chi connectivity index (χ4v) is 4.73. The van der Waals surface area contributed by atoms with Crippen molar-refractivity contribution in [1.82, 2.24) is 10.6 Å². The van der Waals surface area contributed by atoms with Gasteiger partial charge in [-0.25, -0.2) is 0 Å². The Balaban J connectivity index is 1.63. The third-order valence-electron chi connectivity index (χ3n) is 6.87. The maximum absolute atomic E-state index is 5.69. The SMILES string of the molecule is CN=C(NCC1(CCOC)CCC1)NCC1(c2ccccc2C)CCOCC1. The molecule has 0 unspecified atom stereocenters. The van der Waals surface area contributed by atoms with Gasteiger partial charge in [-0.2, -0.15) is 0 Å². The minimum atomic E-state index is 0.103. The van der Waals surface area contributed by atoms with Crippen LogP contribution < -0.4 is 10.6 Å². The molecule has 1 aromatic carbocycles. The van der Waals surface area contributed by atoms with E-state index in [4.69, 9.17) is 9.47 Å². The molecule has 3 rings (SSSR count). The molecule has 0 radical (unpaired) electrons. The number of nitrogens with one attached hydrogen (secondary N) is 2. The lowest BCUT2D eigenvalue weighted by Gasteiger charge is -2.43. The summed E-state index contributed by atoms with van der Waals surface area (Å²) in [5.74, 6) is 0.906. The lowest BCUT2D eigenvalue weighted by atomic mass is 9.67. The van der Waals surface area contributed by atoms with Gasteiger partial charge in [-0.3, -0.25) is 4.99 Å². The maximum Gasteiger partial charge on any atom is 0.191 e. The van der Waals surface area contributed by atoms with Crippen LogP contribution in [0, 0.1) is 12.3 Å². The van der Waals surface area contributed by atoms with Gasteiger partial charge in [0.05, 0.1) is 0 Å². The monoisotopic (exact) mass is 387 g/mol. The molecule has 5 heteroatoms. The van der Waals surface area contributed by atoms with Crippen molar-refractivity contribution >= 4 is 5.96 Å². The standard InChI is InChI=1S/C23H37N3O2/c1-19-7-4-5-8-20(19)23(12-15-28-16-13-23)18-26-21(24-2)25-17-22(9-6-10-22)11-14-27-3/h4-5,7-8H,6,9-18H2,1-3H3,(H2,24,25,26). The van der Waals surface area contributed by atoms with Crippen molar-refractivity contribution in [3.8, 4) is 0 Å². The third-order valence-corrected chi connectivity index (χ3v) is 6.87. The second-order valence-electron chi connectivity index (χ2n) is 8.58. The van der Waals surface area contributed by atoms with E-state index in [1.54, 1.807) is 7.11 Å². The Labute approximate surface area is 170 Å². The number of hydrogen-bond acceptors (Lipinski definition) is 3. The molecule has 1 aliphatic heterocycles. The van der Waals surface area contributed by atoms with Gasteiger partial charge < -0.3 is 20.1 Å². The molecule has 1 saturated carbocycles. The number of hydrogen-bond donors (Lipinski definition) is 2. The number of methoxy groups -OCH3 is 1. The lowest BCUT2D eigenvalue weighted by molar-refractivity contribution is 0.0510. The van der Waals surface area contributed by atoms with Gasteiger partial charge in [0.1, 0.15) is 0 Å². The van der Waals surface area contributed by atoms with Gasteiger partial charge in [0.25, 0.3) is 0 Å². The summed E-state index contributed by atoms with van der Waals surface area (Å²) in [7, 11) is 3.65. The Hall–Kier alpha value is -1.59. The number of nitrogens with zero attached hydrogens (tertiary/aromatic N) is 1. The molecule has 1 saturated heterocycles. The number of benzene rings is 1. The van der Waals surface area contributed by atoms with Gasteiger partial charge in [0, 0.05) is 52.5 Å². The van der Waals surface area contributed by atoms with E-state index in [1.165, 1.54) is 30.4 Å². The summed E-state index contributed by atoms with van der Waals surface area (Å²) >= 11 is 0. The summed E-state index contributed by atoms with van der Waals surface area (Å²) in [6, 6.07) is 8.78. The van der Waals surface area contributed by atoms with Crippen LogP contribution in [-0.2, 0) is 14.9 Å². The first-order valence-corrected chi connectivity index (χ1v) is 10.7. The molecule has 2 N–H and O–H groups in total. The van der Waals surface area contributed by atoms with Crippen LogP contribution in [0.1, 0.15) is 49.7 Å². The van der Waals surface area contributed by atoms with Crippen LogP contribution in [0.3, 0.4) is 0 Å². The quantitative estimate of drug-likeness (QED) is 0.530. The van der Waals surface area contributed by atoms with E-state index in [9.17, 15) is 0 Å².